The molecule has 4 heteroatoms. The molecule has 14 heavy (non-hydrogen) atoms. The lowest BCUT2D eigenvalue weighted by molar-refractivity contribution is 1.51. The Hall–Kier alpha value is 0.110. The lowest BCUT2D eigenvalue weighted by Crippen LogP contribution is -1.73. The van der Waals surface area contributed by atoms with Crippen LogP contribution < -0.4 is 0 Å². The second-order valence-corrected chi connectivity index (χ2v) is 5.50. The molecule has 0 radical (unpaired) electrons. The highest BCUT2D eigenvalue weighted by molar-refractivity contribution is 7.99. The second kappa shape index (κ2) is 4.31. The molecule has 74 valence electrons. The number of fused-ring (bicyclic) bond motifs is 1. The van der Waals surface area contributed by atoms with Gasteiger partial charge >= 0.3 is 0 Å². The number of thiophene rings is 1. The summed E-state index contributed by atoms with van der Waals surface area (Å²) >= 11 is 15.3. The van der Waals surface area contributed by atoms with E-state index in [4.69, 9.17) is 23.2 Å². The van der Waals surface area contributed by atoms with Gasteiger partial charge in [0.2, 0.25) is 0 Å². The predicted molar refractivity (Wildman–Crippen MR) is 68.2 cm³/mol. The fourth-order valence-corrected chi connectivity index (χ4v) is 3.66. The smallest absolute Gasteiger partial charge is 0.0568 e. The van der Waals surface area contributed by atoms with Crippen molar-refractivity contribution in [2.75, 3.05) is 6.26 Å². The SMILES string of the molecule is CSc1c(Cl)ccc2sc(CCl)cc12. The Morgan fingerprint density at radius 3 is 2.86 bits per heavy atom. The Bertz CT molecular complexity index is 462. The second-order valence-electron chi connectivity index (χ2n) is 2.84. The summed E-state index contributed by atoms with van der Waals surface area (Å²) in [5.41, 5.74) is 0. The zero-order valence-electron chi connectivity index (χ0n) is 7.51. The van der Waals surface area contributed by atoms with Gasteiger partial charge in [-0.3, -0.25) is 0 Å². The van der Waals surface area contributed by atoms with Gasteiger partial charge in [0.15, 0.2) is 0 Å². The Kier molecular flexibility index (Phi) is 3.27. The third kappa shape index (κ3) is 1.76. The molecular formula is C10H8Cl2S2. The zero-order chi connectivity index (χ0) is 10.1. The average molecular weight is 263 g/mol. The minimum atomic E-state index is 0.574. The number of hydrogen-bond donors (Lipinski definition) is 0. The summed E-state index contributed by atoms with van der Waals surface area (Å²) in [6.07, 6.45) is 2.04. The van der Waals surface area contributed by atoms with E-state index >= 15 is 0 Å². The summed E-state index contributed by atoms with van der Waals surface area (Å²) in [5, 5.41) is 2.05. The molecule has 0 N–H and O–H groups in total. The van der Waals surface area contributed by atoms with E-state index < -0.39 is 0 Å². The molecule has 0 aliphatic carbocycles. The summed E-state index contributed by atoms with van der Waals surface area (Å²) in [6.45, 7) is 0. The molecule has 0 atom stereocenters. The lowest BCUT2D eigenvalue weighted by atomic mass is 10.2. The fourth-order valence-electron chi connectivity index (χ4n) is 1.39. The molecule has 1 aromatic carbocycles. The van der Waals surface area contributed by atoms with Gasteiger partial charge in [-0.05, 0) is 24.5 Å². The van der Waals surface area contributed by atoms with Crippen molar-refractivity contribution < 1.29 is 0 Å². The molecule has 0 nitrogen and oxygen atoms in total. The van der Waals surface area contributed by atoms with E-state index in [0.717, 1.165) is 9.92 Å². The van der Waals surface area contributed by atoms with E-state index in [1.165, 1.54) is 15.0 Å². The van der Waals surface area contributed by atoms with E-state index in [1.54, 1.807) is 23.1 Å². The maximum atomic E-state index is 6.11. The number of rotatable bonds is 2. The van der Waals surface area contributed by atoms with E-state index in [2.05, 4.69) is 12.1 Å². The van der Waals surface area contributed by atoms with Crippen molar-refractivity contribution in [1.29, 1.82) is 0 Å². The molecule has 0 bridgehead atoms. The van der Waals surface area contributed by atoms with Crippen LogP contribution in [-0.2, 0) is 5.88 Å². The maximum Gasteiger partial charge on any atom is 0.0568 e. The molecule has 1 heterocycles. The van der Waals surface area contributed by atoms with E-state index in [0.29, 0.717) is 5.88 Å². The third-order valence-corrected chi connectivity index (χ3v) is 4.81. The predicted octanol–water partition coefficient (Wildman–Crippen LogP) is 5.02. The number of alkyl halides is 1. The Labute approximate surface area is 101 Å². The molecular weight excluding hydrogens is 255 g/mol. The van der Waals surface area contributed by atoms with Crippen LogP contribution in [-0.4, -0.2) is 6.26 Å². The summed E-state index contributed by atoms with van der Waals surface area (Å²) in [5.74, 6) is 0.574. The van der Waals surface area contributed by atoms with Crippen molar-refractivity contribution >= 4 is 56.4 Å². The molecule has 0 aliphatic heterocycles. The van der Waals surface area contributed by atoms with Crippen molar-refractivity contribution in [3.05, 3.63) is 28.1 Å². The van der Waals surface area contributed by atoms with Crippen molar-refractivity contribution in [2.24, 2.45) is 0 Å². The summed E-state index contributed by atoms with van der Waals surface area (Å²) in [7, 11) is 0. The monoisotopic (exact) mass is 262 g/mol. The molecule has 0 unspecified atom stereocenters. The Morgan fingerprint density at radius 1 is 1.43 bits per heavy atom. The zero-order valence-corrected chi connectivity index (χ0v) is 10.7. The van der Waals surface area contributed by atoms with Gasteiger partial charge in [0, 0.05) is 19.9 Å². The van der Waals surface area contributed by atoms with Crippen LogP contribution in [0.25, 0.3) is 10.1 Å². The van der Waals surface area contributed by atoms with Crippen LogP contribution in [0.3, 0.4) is 0 Å². The van der Waals surface area contributed by atoms with Gasteiger partial charge in [-0.2, -0.15) is 0 Å². The summed E-state index contributed by atoms with van der Waals surface area (Å²) < 4.78 is 1.26. The first kappa shape index (κ1) is 10.6. The average Bonchev–Trinajstić information content (AvgIpc) is 2.60. The van der Waals surface area contributed by atoms with Crippen molar-refractivity contribution in [3.8, 4) is 0 Å². The van der Waals surface area contributed by atoms with E-state index in [9.17, 15) is 0 Å². The maximum absolute atomic E-state index is 6.11. The number of benzene rings is 1. The molecule has 0 aliphatic rings. The quantitative estimate of drug-likeness (QED) is 0.541. The Balaban J connectivity index is 2.73. The van der Waals surface area contributed by atoms with Crippen LogP contribution in [0, 0.1) is 0 Å². The van der Waals surface area contributed by atoms with Crippen LogP contribution in [0.4, 0.5) is 0 Å². The first-order valence-electron chi connectivity index (χ1n) is 4.07. The largest absolute Gasteiger partial charge is 0.139 e. The Morgan fingerprint density at radius 2 is 2.21 bits per heavy atom. The number of halogens is 2. The minimum absolute atomic E-state index is 0.574. The topological polar surface area (TPSA) is 0 Å². The first-order valence-corrected chi connectivity index (χ1v) is 7.02. The standard InChI is InChI=1S/C10H8Cl2S2/c1-13-10-7-4-6(5-11)14-9(7)3-2-8(10)12/h2-4H,5H2,1H3. The lowest BCUT2D eigenvalue weighted by Gasteiger charge is -2.00. The van der Waals surface area contributed by atoms with Crippen molar-refractivity contribution in [3.63, 3.8) is 0 Å². The molecule has 2 rings (SSSR count). The number of hydrogen-bond acceptors (Lipinski definition) is 2. The van der Waals surface area contributed by atoms with Crippen LogP contribution in [0.5, 0.6) is 0 Å². The highest BCUT2D eigenvalue weighted by Crippen LogP contribution is 2.37. The van der Waals surface area contributed by atoms with E-state index in [1.807, 2.05) is 12.3 Å². The molecule has 0 amide bonds. The third-order valence-electron chi connectivity index (χ3n) is 1.99. The van der Waals surface area contributed by atoms with Crippen molar-refractivity contribution in [2.45, 2.75) is 10.8 Å². The van der Waals surface area contributed by atoms with Gasteiger partial charge in [-0.1, -0.05) is 11.6 Å². The highest BCUT2D eigenvalue weighted by Gasteiger charge is 2.08. The summed E-state index contributed by atoms with van der Waals surface area (Å²) in [6, 6.07) is 6.13. The van der Waals surface area contributed by atoms with Crippen LogP contribution in [0.15, 0.2) is 23.1 Å². The fraction of sp³-hybridized carbons (Fsp3) is 0.200. The van der Waals surface area contributed by atoms with E-state index in [-0.39, 0.29) is 0 Å². The molecule has 0 saturated carbocycles. The van der Waals surface area contributed by atoms with Gasteiger partial charge in [0.25, 0.3) is 0 Å². The normalized spacial score (nSPS) is 11.1. The molecule has 1 aromatic heterocycles. The van der Waals surface area contributed by atoms with Gasteiger partial charge in [-0.25, -0.2) is 0 Å². The van der Waals surface area contributed by atoms with Gasteiger partial charge in [-0.15, -0.1) is 34.7 Å². The van der Waals surface area contributed by atoms with Crippen LogP contribution in [0.2, 0.25) is 5.02 Å². The minimum Gasteiger partial charge on any atom is -0.139 e. The van der Waals surface area contributed by atoms with Gasteiger partial charge in [0.05, 0.1) is 10.9 Å². The molecule has 2 aromatic rings. The van der Waals surface area contributed by atoms with Gasteiger partial charge in [0.1, 0.15) is 0 Å². The van der Waals surface area contributed by atoms with Crippen molar-refractivity contribution in [1.82, 2.24) is 0 Å². The molecule has 0 spiro atoms. The first-order chi connectivity index (χ1) is 6.76. The van der Waals surface area contributed by atoms with Crippen LogP contribution >= 0.6 is 46.3 Å². The summed E-state index contributed by atoms with van der Waals surface area (Å²) in [4.78, 5) is 2.34. The number of thioether (sulfide) groups is 1. The highest BCUT2D eigenvalue weighted by atomic mass is 35.5. The van der Waals surface area contributed by atoms with Crippen LogP contribution in [0.1, 0.15) is 4.88 Å². The molecule has 0 saturated heterocycles. The molecule has 0 fully saturated rings. The van der Waals surface area contributed by atoms with Gasteiger partial charge < -0.3 is 0 Å².